The number of rotatable bonds is 5. The lowest BCUT2D eigenvalue weighted by Gasteiger charge is -2.23. The molecule has 1 saturated heterocycles. The number of nitrogens with one attached hydrogen (secondary N) is 1. The average molecular weight is 274 g/mol. The van der Waals surface area contributed by atoms with E-state index in [1.807, 2.05) is 18.2 Å². The lowest BCUT2D eigenvalue weighted by atomic mass is 9.52. The summed E-state index contributed by atoms with van der Waals surface area (Å²) in [5.74, 6) is 0.581. The van der Waals surface area contributed by atoms with Crippen LogP contribution in [0.4, 0.5) is 0 Å². The van der Waals surface area contributed by atoms with Crippen molar-refractivity contribution < 1.29 is 4.74 Å². The largest absolute Gasteiger partial charge is 0.516 e. The molecule has 0 atom stereocenters. The number of likely N-dealkylation sites (tertiary alicyclic amines) is 1. The quantitative estimate of drug-likeness (QED) is 0.832. The van der Waals surface area contributed by atoms with E-state index < -0.39 is 5.30 Å². The highest BCUT2D eigenvalue weighted by Crippen LogP contribution is 2.25. The highest BCUT2D eigenvalue weighted by Gasteiger charge is 2.14. The van der Waals surface area contributed by atoms with Crippen LogP contribution in [0.3, 0.4) is 0 Å². The molecule has 1 N–H and O–H groups in total. The Kier molecular flexibility index (Phi) is 4.07. The normalized spacial score (nSPS) is 16.6. The van der Waals surface area contributed by atoms with Gasteiger partial charge >= 0.3 is 0 Å². The fraction of sp³-hybridized carbons (Fsp3) is 0.467. The maximum absolute atomic E-state index is 5.49. The molecule has 6 heteroatoms. The summed E-state index contributed by atoms with van der Waals surface area (Å²) < 4.78 is 5.32. The van der Waals surface area contributed by atoms with E-state index in [1.54, 1.807) is 0 Å². The molecule has 0 unspecified atom stereocenters. The van der Waals surface area contributed by atoms with Gasteiger partial charge in [-0.25, -0.2) is 0 Å². The summed E-state index contributed by atoms with van der Waals surface area (Å²) in [6.45, 7) is 3.52. The zero-order valence-corrected chi connectivity index (χ0v) is 12.1. The molecule has 0 amide bonds. The SMILES string of the molecule is [B]C([B])([B])Oc1ccc2[nH]cc(CCN3CCCC3)c2c1. The Labute approximate surface area is 129 Å². The lowest BCUT2D eigenvalue weighted by molar-refractivity contribution is 0.319. The van der Waals surface area contributed by atoms with Crippen molar-refractivity contribution in [1.29, 1.82) is 0 Å². The van der Waals surface area contributed by atoms with E-state index in [4.69, 9.17) is 28.3 Å². The van der Waals surface area contributed by atoms with Gasteiger partial charge in [0.1, 0.15) is 29.3 Å². The van der Waals surface area contributed by atoms with Crippen LogP contribution in [0, 0.1) is 0 Å². The summed E-state index contributed by atoms with van der Waals surface area (Å²) in [5.41, 5.74) is 2.36. The molecule has 0 bridgehead atoms. The van der Waals surface area contributed by atoms with Crippen LogP contribution in [0.15, 0.2) is 24.4 Å². The van der Waals surface area contributed by atoms with E-state index in [9.17, 15) is 0 Å². The molecule has 102 valence electrons. The number of hydrogen-bond donors (Lipinski definition) is 1. The maximum Gasteiger partial charge on any atom is 0.117 e. The number of aromatic amines is 1. The first-order valence-corrected chi connectivity index (χ1v) is 7.39. The van der Waals surface area contributed by atoms with Crippen LogP contribution >= 0.6 is 0 Å². The van der Waals surface area contributed by atoms with Crippen molar-refractivity contribution in [3.63, 3.8) is 0 Å². The molecule has 1 aliphatic rings. The summed E-state index contributed by atoms with van der Waals surface area (Å²) in [7, 11) is 16.5. The first-order chi connectivity index (χ1) is 10.0. The van der Waals surface area contributed by atoms with Gasteiger partial charge in [0.25, 0.3) is 0 Å². The monoisotopic (exact) mass is 274 g/mol. The van der Waals surface area contributed by atoms with Gasteiger partial charge in [0, 0.05) is 23.6 Å². The van der Waals surface area contributed by atoms with Crippen LogP contribution in [0.1, 0.15) is 18.4 Å². The zero-order valence-electron chi connectivity index (χ0n) is 12.1. The second-order valence-corrected chi connectivity index (χ2v) is 5.78. The van der Waals surface area contributed by atoms with Crippen molar-refractivity contribution in [2.45, 2.75) is 24.6 Å². The second kappa shape index (κ2) is 5.84. The van der Waals surface area contributed by atoms with E-state index in [0.717, 1.165) is 23.9 Å². The van der Waals surface area contributed by atoms with Crippen LogP contribution in [0.2, 0.25) is 0 Å². The predicted octanol–water partition coefficient (Wildman–Crippen LogP) is 1.30. The lowest BCUT2D eigenvalue weighted by Crippen LogP contribution is -2.37. The molecule has 0 saturated carbocycles. The summed E-state index contributed by atoms with van der Waals surface area (Å²) in [5, 5.41) is -0.518. The van der Waals surface area contributed by atoms with E-state index >= 15 is 0 Å². The summed E-state index contributed by atoms with van der Waals surface area (Å²) in [6, 6.07) is 5.70. The molecule has 1 aliphatic heterocycles. The minimum atomic E-state index is -1.65. The number of nitrogens with zero attached hydrogens (tertiary/aromatic N) is 1. The molecule has 2 aromatic rings. The summed E-state index contributed by atoms with van der Waals surface area (Å²) in [4.78, 5) is 5.79. The molecule has 1 aromatic carbocycles. The van der Waals surface area contributed by atoms with Crippen molar-refractivity contribution >= 4 is 34.4 Å². The number of fused-ring (bicyclic) bond motifs is 1. The third kappa shape index (κ3) is 3.68. The van der Waals surface area contributed by atoms with Gasteiger partial charge in [-0.1, -0.05) is 0 Å². The third-order valence-corrected chi connectivity index (χ3v) is 3.93. The fourth-order valence-electron chi connectivity index (χ4n) is 2.92. The maximum atomic E-state index is 5.49. The number of ether oxygens (including phenoxy) is 1. The van der Waals surface area contributed by atoms with Gasteiger partial charge in [-0.2, -0.15) is 0 Å². The van der Waals surface area contributed by atoms with E-state index in [2.05, 4.69) is 16.1 Å². The molecule has 6 radical (unpaired) electrons. The van der Waals surface area contributed by atoms with Crippen molar-refractivity contribution in [2.75, 3.05) is 19.6 Å². The highest BCUT2D eigenvalue weighted by atomic mass is 16.5. The Bertz CT molecular complexity index is 615. The number of aromatic nitrogens is 1. The van der Waals surface area contributed by atoms with Gasteiger partial charge < -0.3 is 14.6 Å². The van der Waals surface area contributed by atoms with E-state index in [-0.39, 0.29) is 0 Å². The highest BCUT2D eigenvalue weighted by molar-refractivity contribution is 6.58. The molecule has 0 aliphatic carbocycles. The zero-order chi connectivity index (χ0) is 14.9. The number of hydrogen-bond acceptors (Lipinski definition) is 2. The Morgan fingerprint density at radius 2 is 1.95 bits per heavy atom. The molecule has 21 heavy (non-hydrogen) atoms. The Hall–Kier alpha value is -1.29. The van der Waals surface area contributed by atoms with Crippen LogP contribution in [0.25, 0.3) is 10.9 Å². The van der Waals surface area contributed by atoms with Crippen LogP contribution in [-0.2, 0) is 6.42 Å². The van der Waals surface area contributed by atoms with Gasteiger partial charge in [-0.3, -0.25) is 0 Å². The van der Waals surface area contributed by atoms with Crippen LogP contribution in [0.5, 0.6) is 5.75 Å². The Morgan fingerprint density at radius 3 is 2.67 bits per heavy atom. The van der Waals surface area contributed by atoms with Crippen molar-refractivity contribution in [1.82, 2.24) is 9.88 Å². The van der Waals surface area contributed by atoms with Gasteiger partial charge in [-0.15, -0.1) is 0 Å². The molecule has 3 nitrogen and oxygen atoms in total. The minimum Gasteiger partial charge on any atom is -0.516 e. The third-order valence-electron chi connectivity index (χ3n) is 3.93. The second-order valence-electron chi connectivity index (χ2n) is 5.78. The van der Waals surface area contributed by atoms with Gasteiger partial charge in [0.15, 0.2) is 0 Å². The smallest absolute Gasteiger partial charge is 0.117 e. The van der Waals surface area contributed by atoms with Crippen LogP contribution in [-0.4, -0.2) is 58.4 Å². The molecule has 2 heterocycles. The first kappa shape index (κ1) is 14.6. The summed E-state index contributed by atoms with van der Waals surface area (Å²) >= 11 is 0. The van der Waals surface area contributed by atoms with Gasteiger partial charge in [0.05, 0.1) is 0 Å². The molecule has 1 fully saturated rings. The van der Waals surface area contributed by atoms with Gasteiger partial charge in [0.2, 0.25) is 0 Å². The van der Waals surface area contributed by atoms with Crippen molar-refractivity contribution in [3.8, 4) is 5.75 Å². The van der Waals surface area contributed by atoms with E-state index in [1.165, 1.54) is 31.5 Å². The number of H-pyrrole nitrogens is 1. The Balaban J connectivity index is 1.76. The Morgan fingerprint density at radius 1 is 1.19 bits per heavy atom. The van der Waals surface area contributed by atoms with E-state index in [0.29, 0.717) is 5.75 Å². The molecular weight excluding hydrogens is 257 g/mol. The van der Waals surface area contributed by atoms with Crippen molar-refractivity contribution in [3.05, 3.63) is 30.0 Å². The predicted molar refractivity (Wildman–Crippen MR) is 88.3 cm³/mol. The molecule has 3 rings (SSSR count). The van der Waals surface area contributed by atoms with Crippen LogP contribution < -0.4 is 4.74 Å². The topological polar surface area (TPSA) is 28.3 Å². The fourth-order valence-corrected chi connectivity index (χ4v) is 2.92. The minimum absolute atomic E-state index is 0.581. The summed E-state index contributed by atoms with van der Waals surface area (Å²) in [6.07, 6.45) is 5.71. The molecular formula is C15H17B3N2O. The average Bonchev–Trinajstić information content (AvgIpc) is 3.03. The van der Waals surface area contributed by atoms with Gasteiger partial charge in [-0.05, 0) is 61.4 Å². The molecule has 1 aromatic heterocycles. The first-order valence-electron chi connectivity index (χ1n) is 7.39. The standard InChI is InChI=1S/C15H17B3N2O/c16-15(17,18)21-12-3-4-14-13(9-12)11(10-19-14)5-8-20-6-1-2-7-20/h3-4,9-10,19H,1-2,5-8H2. The number of benzene rings is 1. The van der Waals surface area contributed by atoms with Crippen molar-refractivity contribution in [2.24, 2.45) is 0 Å². The molecule has 0 spiro atoms.